The normalized spacial score (nSPS) is 24.2. The molecule has 1 heterocycles. The Balaban J connectivity index is 1.97. The van der Waals surface area contributed by atoms with E-state index in [1.807, 2.05) is 0 Å². The van der Waals surface area contributed by atoms with Crippen molar-refractivity contribution < 1.29 is 18.3 Å². The van der Waals surface area contributed by atoms with Gasteiger partial charge in [0.2, 0.25) is 0 Å². The van der Waals surface area contributed by atoms with Crippen molar-refractivity contribution in [2.45, 2.75) is 31.5 Å². The topological polar surface area (TPSA) is 45.1 Å². The molecule has 0 aromatic carbocycles. The Morgan fingerprint density at radius 3 is 2.72 bits per heavy atom. The maximum Gasteiger partial charge on any atom is 0.433 e. The van der Waals surface area contributed by atoms with E-state index in [-0.39, 0.29) is 17.8 Å². The Bertz CT molecular complexity index is 409. The summed E-state index contributed by atoms with van der Waals surface area (Å²) in [6, 6.07) is 3.76. The van der Waals surface area contributed by atoms with Gasteiger partial charge in [0, 0.05) is 12.5 Å². The van der Waals surface area contributed by atoms with Gasteiger partial charge in [-0.05, 0) is 25.0 Å². The molecule has 2 unspecified atom stereocenters. The van der Waals surface area contributed by atoms with Crippen molar-refractivity contribution in [3.05, 3.63) is 23.9 Å². The van der Waals surface area contributed by atoms with E-state index in [1.165, 1.54) is 12.1 Å². The number of hydrogen-bond donors (Lipinski definition) is 2. The van der Waals surface area contributed by atoms with Gasteiger partial charge in [-0.2, -0.15) is 13.2 Å². The third kappa shape index (κ3) is 3.13. The van der Waals surface area contributed by atoms with Gasteiger partial charge >= 0.3 is 6.18 Å². The molecule has 0 spiro atoms. The molecule has 0 bridgehead atoms. The zero-order valence-electron chi connectivity index (χ0n) is 9.74. The quantitative estimate of drug-likeness (QED) is 0.878. The maximum atomic E-state index is 12.4. The lowest BCUT2D eigenvalue weighted by molar-refractivity contribution is -0.141. The summed E-state index contributed by atoms with van der Waals surface area (Å²) in [6.07, 6.45) is -2.16. The zero-order chi connectivity index (χ0) is 13.2. The fourth-order valence-electron chi connectivity index (χ4n) is 2.18. The number of rotatable bonds is 3. The second-order valence-corrected chi connectivity index (χ2v) is 4.55. The van der Waals surface area contributed by atoms with Crippen LogP contribution < -0.4 is 5.32 Å². The Kier molecular flexibility index (Phi) is 3.75. The molecule has 6 heteroatoms. The number of halogens is 3. The van der Waals surface area contributed by atoms with Gasteiger partial charge in [0.15, 0.2) is 0 Å². The summed E-state index contributed by atoms with van der Waals surface area (Å²) in [6.45, 7) is 0.454. The highest BCUT2D eigenvalue weighted by atomic mass is 19.4. The first-order valence-electron chi connectivity index (χ1n) is 5.93. The molecule has 2 rings (SSSR count). The number of nitrogens with zero attached hydrogens (tertiary/aromatic N) is 1. The van der Waals surface area contributed by atoms with Crippen molar-refractivity contribution in [1.82, 2.24) is 4.98 Å². The predicted octanol–water partition coefficient (Wildman–Crippen LogP) is 2.67. The van der Waals surface area contributed by atoms with E-state index in [0.717, 1.165) is 25.3 Å². The minimum Gasteiger partial charge on any atom is -0.393 e. The van der Waals surface area contributed by atoms with Gasteiger partial charge in [-0.1, -0.05) is 12.5 Å². The Labute approximate surface area is 103 Å². The van der Waals surface area contributed by atoms with Crippen LogP contribution in [0.15, 0.2) is 18.2 Å². The average molecular weight is 260 g/mol. The lowest BCUT2D eigenvalue weighted by Gasteiger charge is -2.16. The molecular formula is C12H15F3N2O. The molecule has 1 fully saturated rings. The largest absolute Gasteiger partial charge is 0.433 e. The Morgan fingerprint density at radius 1 is 1.33 bits per heavy atom. The molecule has 1 aliphatic rings. The van der Waals surface area contributed by atoms with Crippen LogP contribution in [0.5, 0.6) is 0 Å². The fourth-order valence-corrected chi connectivity index (χ4v) is 2.18. The molecule has 0 aliphatic heterocycles. The van der Waals surface area contributed by atoms with Crippen LogP contribution in [0.4, 0.5) is 19.0 Å². The van der Waals surface area contributed by atoms with Crippen LogP contribution in [0, 0.1) is 5.92 Å². The third-order valence-corrected chi connectivity index (χ3v) is 3.20. The van der Waals surface area contributed by atoms with E-state index >= 15 is 0 Å². The molecule has 18 heavy (non-hydrogen) atoms. The predicted molar refractivity (Wildman–Crippen MR) is 61.1 cm³/mol. The number of aliphatic hydroxyl groups is 1. The second-order valence-electron chi connectivity index (χ2n) is 4.55. The number of nitrogens with one attached hydrogen (secondary N) is 1. The summed E-state index contributed by atoms with van der Waals surface area (Å²) in [7, 11) is 0. The molecule has 1 aliphatic carbocycles. The molecule has 0 radical (unpaired) electrons. The number of aromatic nitrogens is 1. The van der Waals surface area contributed by atoms with Crippen LogP contribution in [0.1, 0.15) is 25.0 Å². The summed E-state index contributed by atoms with van der Waals surface area (Å²) in [4.78, 5) is 3.51. The Hall–Kier alpha value is -1.30. The number of anilines is 1. The first kappa shape index (κ1) is 13.1. The summed E-state index contributed by atoms with van der Waals surface area (Å²) in [5, 5.41) is 12.5. The van der Waals surface area contributed by atoms with E-state index in [9.17, 15) is 18.3 Å². The number of hydrogen-bond acceptors (Lipinski definition) is 3. The first-order chi connectivity index (χ1) is 8.47. The van der Waals surface area contributed by atoms with Crippen LogP contribution in [-0.2, 0) is 6.18 Å². The standard InChI is InChI=1S/C12H15F3N2O/c13-12(14,15)10-5-2-6-11(17-10)16-7-8-3-1-4-9(8)18/h2,5-6,8-9,18H,1,3-4,7H2,(H,16,17). The van der Waals surface area contributed by atoms with Crippen LogP contribution >= 0.6 is 0 Å². The highest BCUT2D eigenvalue weighted by Gasteiger charge is 2.32. The third-order valence-electron chi connectivity index (χ3n) is 3.20. The van der Waals surface area contributed by atoms with Gasteiger partial charge in [0.25, 0.3) is 0 Å². The molecule has 0 amide bonds. The van der Waals surface area contributed by atoms with Crippen molar-refractivity contribution in [2.24, 2.45) is 5.92 Å². The second kappa shape index (κ2) is 5.14. The van der Waals surface area contributed by atoms with Gasteiger partial charge in [-0.15, -0.1) is 0 Å². The number of alkyl halides is 3. The number of aliphatic hydroxyl groups excluding tert-OH is 1. The number of pyridine rings is 1. The van der Waals surface area contributed by atoms with Crippen LogP contribution in [0.3, 0.4) is 0 Å². The van der Waals surface area contributed by atoms with Gasteiger partial charge in [0.1, 0.15) is 11.5 Å². The average Bonchev–Trinajstić information content (AvgIpc) is 2.72. The van der Waals surface area contributed by atoms with Crippen molar-refractivity contribution in [1.29, 1.82) is 0 Å². The molecule has 1 aromatic heterocycles. The van der Waals surface area contributed by atoms with Crippen LogP contribution in [0.25, 0.3) is 0 Å². The first-order valence-corrected chi connectivity index (χ1v) is 5.93. The summed E-state index contributed by atoms with van der Waals surface area (Å²) in [5.41, 5.74) is -0.903. The van der Waals surface area contributed by atoms with Crippen molar-refractivity contribution in [3.8, 4) is 0 Å². The molecule has 0 saturated heterocycles. The van der Waals surface area contributed by atoms with Gasteiger partial charge in [0.05, 0.1) is 6.10 Å². The minimum absolute atomic E-state index is 0.0985. The molecular weight excluding hydrogens is 245 g/mol. The Morgan fingerprint density at radius 2 is 2.11 bits per heavy atom. The zero-order valence-corrected chi connectivity index (χ0v) is 9.74. The van der Waals surface area contributed by atoms with Gasteiger partial charge in [-0.25, -0.2) is 4.98 Å². The highest BCUT2D eigenvalue weighted by molar-refractivity contribution is 5.36. The van der Waals surface area contributed by atoms with Crippen molar-refractivity contribution in [2.75, 3.05) is 11.9 Å². The van der Waals surface area contributed by atoms with Crippen molar-refractivity contribution in [3.63, 3.8) is 0 Å². The molecule has 2 atom stereocenters. The van der Waals surface area contributed by atoms with Gasteiger partial charge in [-0.3, -0.25) is 0 Å². The molecule has 1 saturated carbocycles. The highest BCUT2D eigenvalue weighted by Crippen LogP contribution is 2.29. The minimum atomic E-state index is -4.43. The maximum absolute atomic E-state index is 12.4. The van der Waals surface area contributed by atoms with E-state index < -0.39 is 11.9 Å². The van der Waals surface area contributed by atoms with Crippen molar-refractivity contribution >= 4 is 5.82 Å². The monoisotopic (exact) mass is 260 g/mol. The smallest absolute Gasteiger partial charge is 0.393 e. The molecule has 2 N–H and O–H groups in total. The summed E-state index contributed by atoms with van der Waals surface area (Å²) in [5.74, 6) is 0.297. The molecule has 100 valence electrons. The fraction of sp³-hybridized carbons (Fsp3) is 0.583. The lowest BCUT2D eigenvalue weighted by Crippen LogP contribution is -2.22. The molecule has 1 aromatic rings. The van der Waals surface area contributed by atoms with Gasteiger partial charge < -0.3 is 10.4 Å². The van der Waals surface area contributed by atoms with E-state index in [1.54, 1.807) is 0 Å². The van der Waals surface area contributed by atoms with E-state index in [2.05, 4.69) is 10.3 Å². The van der Waals surface area contributed by atoms with E-state index in [4.69, 9.17) is 0 Å². The van der Waals surface area contributed by atoms with Crippen LogP contribution in [-0.4, -0.2) is 22.7 Å². The lowest BCUT2D eigenvalue weighted by atomic mass is 10.1. The van der Waals surface area contributed by atoms with E-state index in [0.29, 0.717) is 6.54 Å². The van der Waals surface area contributed by atoms with Crippen LogP contribution in [0.2, 0.25) is 0 Å². The SMILES string of the molecule is OC1CCCC1CNc1cccc(C(F)(F)F)n1. The summed E-state index contributed by atoms with van der Waals surface area (Å²) >= 11 is 0. The molecule has 3 nitrogen and oxygen atoms in total. The summed E-state index contributed by atoms with van der Waals surface area (Å²) < 4.78 is 37.3.